The van der Waals surface area contributed by atoms with Gasteiger partial charge in [-0.05, 0) is 70.7 Å². The van der Waals surface area contributed by atoms with Crippen molar-refractivity contribution < 1.29 is 14.6 Å². The average molecular weight is 602 g/mol. The van der Waals surface area contributed by atoms with E-state index in [1.807, 2.05) is 65.1 Å². The van der Waals surface area contributed by atoms with Crippen molar-refractivity contribution in [3.63, 3.8) is 0 Å². The molecule has 1 N–H and O–H groups in total. The SMILES string of the molecule is CCC(CC)N1CCN(c2nccc(-c3nc4cc(C)c([C@H](OC(C)(C)C)C(=O)O)c(-c5ccc(C)cc5)c4s3)n2)CC1. The van der Waals surface area contributed by atoms with Crippen LogP contribution in [0.15, 0.2) is 42.6 Å². The zero-order valence-corrected chi connectivity index (χ0v) is 27.2. The second-order valence-electron chi connectivity index (χ2n) is 12.4. The van der Waals surface area contributed by atoms with E-state index >= 15 is 0 Å². The standard InChI is InChI=1S/C34H43N5O3S/c1-8-24(9-2)38-16-18-39(19-17-38)33-35-15-14-25(37-33)31-36-26-20-22(4)27(29(32(40)41)42-34(5,6)7)28(30(26)43-31)23-12-10-21(3)11-13-23/h10-15,20,24,29H,8-9,16-19H2,1-7H3,(H,40,41)/t29-/m0/s1. The first-order valence-corrected chi connectivity index (χ1v) is 16.0. The van der Waals surface area contributed by atoms with Crippen molar-refractivity contribution in [3.05, 3.63) is 59.3 Å². The molecule has 0 spiro atoms. The number of rotatable bonds is 9. The van der Waals surface area contributed by atoms with E-state index in [1.54, 1.807) is 0 Å². The lowest BCUT2D eigenvalue weighted by atomic mass is 9.91. The van der Waals surface area contributed by atoms with Crippen molar-refractivity contribution in [2.45, 2.75) is 79.1 Å². The second-order valence-corrected chi connectivity index (χ2v) is 13.4. The summed E-state index contributed by atoms with van der Waals surface area (Å²) in [5.41, 5.74) is 5.34. The predicted octanol–water partition coefficient (Wildman–Crippen LogP) is 7.29. The largest absolute Gasteiger partial charge is 0.479 e. The molecule has 1 atom stereocenters. The molecule has 5 rings (SSSR count). The van der Waals surface area contributed by atoms with E-state index in [9.17, 15) is 9.90 Å². The van der Waals surface area contributed by atoms with Gasteiger partial charge in [-0.1, -0.05) is 43.7 Å². The fraction of sp³-hybridized carbons (Fsp3) is 0.471. The molecule has 1 aliphatic rings. The average Bonchev–Trinajstić information content (AvgIpc) is 3.40. The number of carboxylic acid groups (broad SMARTS) is 1. The minimum absolute atomic E-state index is 0.628. The molecular weight excluding hydrogens is 558 g/mol. The Balaban J connectivity index is 1.57. The molecule has 43 heavy (non-hydrogen) atoms. The summed E-state index contributed by atoms with van der Waals surface area (Å²) in [5.74, 6) is -0.290. The molecule has 9 heteroatoms. The van der Waals surface area contributed by atoms with Crippen LogP contribution >= 0.6 is 11.3 Å². The third-order valence-corrected chi connectivity index (χ3v) is 9.26. The first-order valence-electron chi connectivity index (χ1n) is 15.2. The first kappa shape index (κ1) is 31.0. The summed E-state index contributed by atoms with van der Waals surface area (Å²) in [6.07, 6.45) is 3.02. The molecule has 4 aromatic rings. The highest BCUT2D eigenvalue weighted by atomic mass is 32.1. The number of fused-ring (bicyclic) bond motifs is 1. The van der Waals surface area contributed by atoms with E-state index in [0.717, 1.165) is 75.3 Å². The van der Waals surface area contributed by atoms with Crippen molar-refractivity contribution >= 4 is 33.5 Å². The number of anilines is 1. The van der Waals surface area contributed by atoms with E-state index in [2.05, 4.69) is 40.8 Å². The predicted molar refractivity (Wildman–Crippen MR) is 175 cm³/mol. The molecular formula is C34H43N5O3S. The molecule has 0 amide bonds. The monoisotopic (exact) mass is 601 g/mol. The summed E-state index contributed by atoms with van der Waals surface area (Å²) in [4.78, 5) is 32.1. The zero-order chi connectivity index (χ0) is 30.9. The topological polar surface area (TPSA) is 91.7 Å². The van der Waals surface area contributed by atoms with Crippen LogP contribution in [0.5, 0.6) is 0 Å². The maximum Gasteiger partial charge on any atom is 0.337 e. The Bertz CT molecular complexity index is 1580. The molecule has 1 saturated heterocycles. The van der Waals surface area contributed by atoms with Crippen LogP contribution in [0.25, 0.3) is 32.0 Å². The third-order valence-electron chi connectivity index (χ3n) is 8.14. The molecule has 0 aliphatic carbocycles. The van der Waals surface area contributed by atoms with Crippen molar-refractivity contribution in [1.82, 2.24) is 19.9 Å². The molecule has 1 aliphatic heterocycles. The number of ether oxygens (including phenoxy) is 1. The Hall–Kier alpha value is -3.40. The second kappa shape index (κ2) is 12.7. The number of hydrogen-bond acceptors (Lipinski definition) is 8. The Kier molecular flexibility index (Phi) is 9.15. The van der Waals surface area contributed by atoms with Gasteiger partial charge < -0.3 is 14.7 Å². The smallest absolute Gasteiger partial charge is 0.337 e. The highest BCUT2D eigenvalue weighted by Gasteiger charge is 2.32. The van der Waals surface area contributed by atoms with Crippen LogP contribution in [0.3, 0.4) is 0 Å². The Morgan fingerprint density at radius 2 is 1.70 bits per heavy atom. The molecule has 2 aromatic heterocycles. The van der Waals surface area contributed by atoms with Gasteiger partial charge in [0.15, 0.2) is 6.10 Å². The van der Waals surface area contributed by atoms with E-state index < -0.39 is 17.7 Å². The molecule has 0 radical (unpaired) electrons. The number of carbonyl (C=O) groups is 1. The number of aliphatic carboxylic acids is 1. The fourth-order valence-corrected chi connectivity index (χ4v) is 7.06. The van der Waals surface area contributed by atoms with Gasteiger partial charge in [-0.2, -0.15) is 0 Å². The lowest BCUT2D eigenvalue weighted by Crippen LogP contribution is -2.50. The number of benzene rings is 2. The lowest BCUT2D eigenvalue weighted by Gasteiger charge is -2.38. The molecule has 228 valence electrons. The van der Waals surface area contributed by atoms with Gasteiger partial charge in [-0.3, -0.25) is 4.90 Å². The van der Waals surface area contributed by atoms with Crippen LogP contribution in [-0.2, 0) is 9.53 Å². The van der Waals surface area contributed by atoms with Crippen molar-refractivity contribution in [2.24, 2.45) is 0 Å². The third kappa shape index (κ3) is 6.74. The zero-order valence-electron chi connectivity index (χ0n) is 26.3. The Morgan fingerprint density at radius 1 is 1.02 bits per heavy atom. The van der Waals surface area contributed by atoms with Gasteiger partial charge in [0, 0.05) is 49.5 Å². The molecule has 2 aromatic carbocycles. The molecule has 0 bridgehead atoms. The number of hydrogen-bond donors (Lipinski definition) is 1. The van der Waals surface area contributed by atoms with Gasteiger partial charge in [-0.15, -0.1) is 11.3 Å². The van der Waals surface area contributed by atoms with Gasteiger partial charge in [0.2, 0.25) is 5.95 Å². The maximum atomic E-state index is 12.6. The van der Waals surface area contributed by atoms with Gasteiger partial charge in [0.1, 0.15) is 10.7 Å². The number of aromatic nitrogens is 3. The summed E-state index contributed by atoms with van der Waals surface area (Å²) < 4.78 is 7.09. The quantitative estimate of drug-likeness (QED) is 0.214. The number of nitrogens with zero attached hydrogens (tertiary/aromatic N) is 5. The highest BCUT2D eigenvalue weighted by Crippen LogP contribution is 2.44. The number of aryl methyl sites for hydroxylation is 2. The minimum atomic E-state index is -1.13. The van der Waals surface area contributed by atoms with Crippen LogP contribution < -0.4 is 4.90 Å². The molecule has 0 unspecified atom stereocenters. The van der Waals surface area contributed by atoms with Gasteiger partial charge in [-0.25, -0.2) is 19.7 Å². The lowest BCUT2D eigenvalue weighted by molar-refractivity contribution is -0.160. The summed E-state index contributed by atoms with van der Waals surface area (Å²) in [5, 5.41) is 11.1. The Morgan fingerprint density at radius 3 is 2.30 bits per heavy atom. The summed E-state index contributed by atoms with van der Waals surface area (Å²) >= 11 is 1.53. The van der Waals surface area contributed by atoms with Crippen molar-refractivity contribution in [3.8, 4) is 21.8 Å². The van der Waals surface area contributed by atoms with Crippen LogP contribution in [0.1, 0.15) is 70.3 Å². The Labute approximate surface area is 258 Å². The van der Waals surface area contributed by atoms with Crippen LogP contribution in [-0.4, -0.2) is 68.7 Å². The molecule has 0 saturated carbocycles. The first-order chi connectivity index (χ1) is 20.5. The highest BCUT2D eigenvalue weighted by molar-refractivity contribution is 7.22. The normalized spacial score (nSPS) is 15.4. The van der Waals surface area contributed by atoms with Crippen molar-refractivity contribution in [1.29, 1.82) is 0 Å². The minimum Gasteiger partial charge on any atom is -0.479 e. The molecule has 8 nitrogen and oxygen atoms in total. The summed E-state index contributed by atoms with van der Waals surface area (Å²) in [7, 11) is 0. The van der Waals surface area contributed by atoms with Gasteiger partial charge in [0.05, 0.1) is 15.8 Å². The summed E-state index contributed by atoms with van der Waals surface area (Å²) in [6.45, 7) is 17.9. The van der Waals surface area contributed by atoms with Crippen LogP contribution in [0, 0.1) is 13.8 Å². The van der Waals surface area contributed by atoms with E-state index in [4.69, 9.17) is 14.7 Å². The van der Waals surface area contributed by atoms with Gasteiger partial charge in [0.25, 0.3) is 0 Å². The van der Waals surface area contributed by atoms with E-state index in [0.29, 0.717) is 11.6 Å². The van der Waals surface area contributed by atoms with E-state index in [-0.39, 0.29) is 0 Å². The van der Waals surface area contributed by atoms with Crippen molar-refractivity contribution in [2.75, 3.05) is 31.1 Å². The summed E-state index contributed by atoms with van der Waals surface area (Å²) in [6, 6.07) is 12.7. The number of carboxylic acids is 1. The van der Waals surface area contributed by atoms with Gasteiger partial charge >= 0.3 is 5.97 Å². The van der Waals surface area contributed by atoms with Crippen LogP contribution in [0.4, 0.5) is 5.95 Å². The molecule has 3 heterocycles. The fourth-order valence-electron chi connectivity index (χ4n) is 5.96. The number of thiazole rings is 1. The number of piperazine rings is 1. The molecule has 1 fully saturated rings. The maximum absolute atomic E-state index is 12.6. The van der Waals surface area contributed by atoms with E-state index in [1.165, 1.54) is 24.2 Å². The van der Waals surface area contributed by atoms with Crippen LogP contribution in [0.2, 0.25) is 0 Å².